The number of methoxy groups -OCH3 is 1. The first kappa shape index (κ1) is 18.7. The molecule has 6 nitrogen and oxygen atoms in total. The van der Waals surface area contributed by atoms with Crippen LogP contribution in [0.3, 0.4) is 0 Å². The van der Waals surface area contributed by atoms with Gasteiger partial charge in [-0.15, -0.1) is 0 Å². The summed E-state index contributed by atoms with van der Waals surface area (Å²) in [5.74, 6) is 2.18. The number of carbonyl (C=O) groups is 1. The molecule has 4 atom stereocenters. The van der Waals surface area contributed by atoms with E-state index >= 15 is 0 Å². The van der Waals surface area contributed by atoms with Gasteiger partial charge in [0.2, 0.25) is 0 Å². The van der Waals surface area contributed by atoms with Gasteiger partial charge in [0.1, 0.15) is 5.75 Å². The van der Waals surface area contributed by atoms with Gasteiger partial charge < -0.3 is 9.64 Å². The van der Waals surface area contributed by atoms with Gasteiger partial charge in [-0.05, 0) is 62.1 Å². The van der Waals surface area contributed by atoms with E-state index in [1.165, 1.54) is 31.2 Å². The highest BCUT2D eigenvalue weighted by molar-refractivity contribution is 5.95. The lowest BCUT2D eigenvalue weighted by Gasteiger charge is -2.55. The number of aromatic amines is 1. The summed E-state index contributed by atoms with van der Waals surface area (Å²) in [6.45, 7) is 4.74. The first-order valence-corrected chi connectivity index (χ1v) is 10.8. The average Bonchev–Trinajstić information content (AvgIpc) is 3.18. The molecule has 3 aliphatic heterocycles. The van der Waals surface area contributed by atoms with E-state index < -0.39 is 0 Å². The third kappa shape index (κ3) is 3.33. The van der Waals surface area contributed by atoms with Crippen molar-refractivity contribution in [1.82, 2.24) is 20.0 Å². The number of nitrogens with zero attached hydrogens (tertiary/aromatic N) is 3. The maximum atomic E-state index is 13.1. The van der Waals surface area contributed by atoms with E-state index in [0.29, 0.717) is 23.9 Å². The fraction of sp³-hybridized carbons (Fsp3) is 0.565. The molecule has 0 saturated carbocycles. The molecule has 1 aromatic carbocycles. The number of hydrogen-bond acceptors (Lipinski definition) is 4. The molecule has 5 rings (SSSR count). The molecule has 154 valence electrons. The third-order valence-electron chi connectivity index (χ3n) is 7.23. The lowest BCUT2D eigenvalue weighted by atomic mass is 9.74. The van der Waals surface area contributed by atoms with Crippen LogP contribution in [0.15, 0.2) is 30.5 Å². The van der Waals surface area contributed by atoms with E-state index in [9.17, 15) is 4.79 Å². The van der Waals surface area contributed by atoms with E-state index in [4.69, 9.17) is 4.74 Å². The van der Waals surface area contributed by atoms with Crippen LogP contribution < -0.4 is 4.74 Å². The molecule has 2 aromatic rings. The molecule has 0 unspecified atom stereocenters. The summed E-state index contributed by atoms with van der Waals surface area (Å²) < 4.78 is 5.34. The van der Waals surface area contributed by atoms with Gasteiger partial charge in [0, 0.05) is 37.4 Å². The van der Waals surface area contributed by atoms with Gasteiger partial charge in [0.15, 0.2) is 0 Å². The molecular formula is C23H30N4O2. The molecule has 2 bridgehead atoms. The summed E-state index contributed by atoms with van der Waals surface area (Å²) >= 11 is 0. The minimum absolute atomic E-state index is 0.141. The monoisotopic (exact) mass is 394 g/mol. The predicted molar refractivity (Wildman–Crippen MR) is 111 cm³/mol. The molecule has 0 spiro atoms. The standard InChI is InChI=1S/C23H30N4O2/c1-15-20(11-24-25-15)23(28)26-12-16-10-18(14-26)22-5-3-4-21(27(22)13-16)17-6-8-19(29-2)9-7-17/h6-9,11,16,18,21-22H,3-5,10,12-14H2,1-2H3,(H,24,25)/t16-,18+,21+,22-/m0/s1. The van der Waals surface area contributed by atoms with Gasteiger partial charge in [0.05, 0.1) is 18.9 Å². The number of hydrogen-bond donors (Lipinski definition) is 1. The van der Waals surface area contributed by atoms with E-state index in [1.807, 2.05) is 6.92 Å². The number of likely N-dealkylation sites (tertiary alicyclic amines) is 1. The summed E-state index contributed by atoms with van der Waals surface area (Å²) in [6.07, 6.45) is 6.66. The van der Waals surface area contributed by atoms with Crippen LogP contribution in [0.4, 0.5) is 0 Å². The van der Waals surface area contributed by atoms with Crippen LogP contribution in [0.2, 0.25) is 0 Å². The van der Waals surface area contributed by atoms with Crippen LogP contribution >= 0.6 is 0 Å². The maximum Gasteiger partial charge on any atom is 0.257 e. The van der Waals surface area contributed by atoms with Gasteiger partial charge in [0.25, 0.3) is 5.91 Å². The Hall–Kier alpha value is -2.34. The molecule has 4 heterocycles. The van der Waals surface area contributed by atoms with Crippen molar-refractivity contribution in [3.63, 3.8) is 0 Å². The third-order valence-corrected chi connectivity index (χ3v) is 7.23. The van der Waals surface area contributed by atoms with Crippen molar-refractivity contribution in [2.24, 2.45) is 11.8 Å². The predicted octanol–water partition coefficient (Wildman–Crippen LogP) is 3.41. The van der Waals surface area contributed by atoms with Crippen LogP contribution in [0.1, 0.15) is 53.3 Å². The first-order chi connectivity index (χ1) is 14.1. The van der Waals surface area contributed by atoms with Crippen molar-refractivity contribution in [2.75, 3.05) is 26.7 Å². The van der Waals surface area contributed by atoms with Gasteiger partial charge >= 0.3 is 0 Å². The van der Waals surface area contributed by atoms with Gasteiger partial charge in [-0.3, -0.25) is 14.8 Å². The number of piperidine rings is 3. The topological polar surface area (TPSA) is 61.5 Å². The number of carbonyl (C=O) groups excluding carboxylic acids is 1. The average molecular weight is 395 g/mol. The number of benzene rings is 1. The molecular weight excluding hydrogens is 364 g/mol. The van der Waals surface area contributed by atoms with Crippen LogP contribution in [-0.4, -0.2) is 58.7 Å². The second-order valence-electron chi connectivity index (χ2n) is 8.96. The van der Waals surface area contributed by atoms with Gasteiger partial charge in [-0.1, -0.05) is 12.1 Å². The molecule has 1 aromatic heterocycles. The van der Waals surface area contributed by atoms with Crippen molar-refractivity contribution in [2.45, 2.75) is 44.7 Å². The molecule has 1 amide bonds. The fourth-order valence-corrected chi connectivity index (χ4v) is 5.89. The van der Waals surface area contributed by atoms with E-state index in [0.717, 1.165) is 36.6 Å². The smallest absolute Gasteiger partial charge is 0.257 e. The highest BCUT2D eigenvalue weighted by atomic mass is 16.5. The zero-order valence-corrected chi connectivity index (χ0v) is 17.3. The van der Waals surface area contributed by atoms with Crippen molar-refractivity contribution in [3.05, 3.63) is 47.3 Å². The van der Waals surface area contributed by atoms with Crippen molar-refractivity contribution in [1.29, 1.82) is 0 Å². The molecule has 3 fully saturated rings. The summed E-state index contributed by atoms with van der Waals surface area (Å²) in [4.78, 5) is 17.9. The van der Waals surface area contributed by atoms with Crippen LogP contribution in [0.25, 0.3) is 0 Å². The van der Waals surface area contributed by atoms with Gasteiger partial charge in [-0.25, -0.2) is 0 Å². The zero-order valence-electron chi connectivity index (χ0n) is 17.3. The highest BCUT2D eigenvalue weighted by Gasteiger charge is 2.45. The van der Waals surface area contributed by atoms with E-state index in [2.05, 4.69) is 44.3 Å². The van der Waals surface area contributed by atoms with E-state index in [1.54, 1.807) is 13.3 Å². The fourth-order valence-electron chi connectivity index (χ4n) is 5.89. The molecule has 1 N–H and O–H groups in total. The molecule has 6 heteroatoms. The lowest BCUT2D eigenvalue weighted by molar-refractivity contribution is -0.0511. The number of H-pyrrole nitrogens is 1. The van der Waals surface area contributed by atoms with E-state index in [-0.39, 0.29) is 5.91 Å². The Morgan fingerprint density at radius 1 is 1.17 bits per heavy atom. The second kappa shape index (κ2) is 7.48. The number of amides is 1. The normalized spacial score (nSPS) is 29.4. The molecule has 0 aliphatic carbocycles. The number of ether oxygens (including phenoxy) is 1. The zero-order chi connectivity index (χ0) is 20.0. The Morgan fingerprint density at radius 2 is 2.00 bits per heavy atom. The Morgan fingerprint density at radius 3 is 2.72 bits per heavy atom. The summed E-state index contributed by atoms with van der Waals surface area (Å²) in [7, 11) is 1.72. The highest BCUT2D eigenvalue weighted by Crippen LogP contribution is 2.44. The number of aromatic nitrogens is 2. The Bertz CT molecular complexity index is 877. The molecule has 29 heavy (non-hydrogen) atoms. The molecule has 3 saturated heterocycles. The summed E-state index contributed by atoms with van der Waals surface area (Å²) in [6, 6.07) is 9.69. The lowest BCUT2D eigenvalue weighted by Crippen LogP contribution is -2.60. The maximum absolute atomic E-state index is 13.1. The number of fused-ring (bicyclic) bond motifs is 4. The van der Waals surface area contributed by atoms with Crippen LogP contribution in [0.5, 0.6) is 5.75 Å². The summed E-state index contributed by atoms with van der Waals surface area (Å²) in [5, 5.41) is 6.94. The largest absolute Gasteiger partial charge is 0.497 e. The minimum Gasteiger partial charge on any atom is -0.497 e. The van der Waals surface area contributed by atoms with Crippen LogP contribution in [0, 0.1) is 18.8 Å². The quantitative estimate of drug-likeness (QED) is 0.867. The Balaban J connectivity index is 1.35. The van der Waals surface area contributed by atoms with Gasteiger partial charge in [-0.2, -0.15) is 5.10 Å². The SMILES string of the molecule is COc1ccc([C@H]2CCC[C@H]3[C@@H]4C[C@@H](CN(C(=O)c5cn[nH]c5C)C4)CN23)cc1. The molecule has 0 radical (unpaired) electrons. The number of aryl methyl sites for hydroxylation is 1. The Kier molecular flexibility index (Phi) is 4.82. The minimum atomic E-state index is 0.141. The van der Waals surface area contributed by atoms with Crippen molar-refractivity contribution < 1.29 is 9.53 Å². The second-order valence-corrected chi connectivity index (χ2v) is 8.96. The molecule has 3 aliphatic rings. The Labute approximate surface area is 172 Å². The first-order valence-electron chi connectivity index (χ1n) is 10.8. The summed E-state index contributed by atoms with van der Waals surface area (Å²) in [5.41, 5.74) is 2.99. The number of rotatable bonds is 3. The van der Waals surface area contributed by atoms with Crippen molar-refractivity contribution >= 4 is 5.91 Å². The van der Waals surface area contributed by atoms with Crippen molar-refractivity contribution in [3.8, 4) is 5.75 Å². The van der Waals surface area contributed by atoms with Crippen LogP contribution in [-0.2, 0) is 0 Å². The number of nitrogens with one attached hydrogen (secondary N) is 1.